The average molecular weight is 299 g/mol. The Hall–Kier alpha value is -3.07. The molecule has 0 fully saturated rings. The number of rotatable bonds is 3. The van der Waals surface area contributed by atoms with Crippen molar-refractivity contribution >= 4 is 33.7 Å². The third kappa shape index (κ3) is 2.46. The Bertz CT molecular complexity index is 997. The van der Waals surface area contributed by atoms with Crippen molar-refractivity contribution in [1.29, 1.82) is 0 Å². The molecule has 1 heterocycles. The van der Waals surface area contributed by atoms with Gasteiger partial charge in [-0.15, -0.1) is 0 Å². The number of hydrogen-bond donors (Lipinski definition) is 1. The fourth-order valence-corrected chi connectivity index (χ4v) is 2.96. The van der Waals surface area contributed by atoms with Crippen LogP contribution in [0.2, 0.25) is 0 Å². The number of nitrogens with zero attached hydrogens (tertiary/aromatic N) is 2. The van der Waals surface area contributed by atoms with Crippen molar-refractivity contribution < 1.29 is 0 Å². The molecule has 0 amide bonds. The summed E-state index contributed by atoms with van der Waals surface area (Å²) in [6.45, 7) is 0. The maximum absolute atomic E-state index is 4.32. The summed E-state index contributed by atoms with van der Waals surface area (Å²) in [4.78, 5) is 0. The second kappa shape index (κ2) is 5.61. The second-order valence-electron chi connectivity index (χ2n) is 5.59. The van der Waals surface area contributed by atoms with E-state index in [2.05, 4.69) is 64.6 Å². The van der Waals surface area contributed by atoms with Crippen molar-refractivity contribution in [2.24, 2.45) is 12.1 Å². The maximum atomic E-state index is 4.32. The number of para-hydroxylation sites is 2. The van der Waals surface area contributed by atoms with E-state index in [0.717, 1.165) is 11.3 Å². The van der Waals surface area contributed by atoms with E-state index in [1.807, 2.05) is 36.5 Å². The van der Waals surface area contributed by atoms with Crippen molar-refractivity contribution in [3.05, 3.63) is 78.4 Å². The van der Waals surface area contributed by atoms with E-state index in [-0.39, 0.29) is 0 Å². The Balaban J connectivity index is 1.70. The molecule has 0 saturated heterocycles. The molecule has 0 aliphatic rings. The molecule has 0 bridgehead atoms. The van der Waals surface area contributed by atoms with E-state index in [4.69, 9.17) is 0 Å². The topological polar surface area (TPSA) is 29.3 Å². The first-order valence-electron chi connectivity index (χ1n) is 7.64. The summed E-state index contributed by atoms with van der Waals surface area (Å²) in [5, 5.41) is 6.85. The number of aromatic nitrogens is 1. The van der Waals surface area contributed by atoms with Gasteiger partial charge in [-0.1, -0.05) is 42.5 Å². The van der Waals surface area contributed by atoms with Crippen LogP contribution in [0.1, 0.15) is 5.56 Å². The number of benzene rings is 3. The van der Waals surface area contributed by atoms with Crippen LogP contribution in [0.15, 0.2) is 77.9 Å². The smallest absolute Gasteiger partial charge is 0.0561 e. The van der Waals surface area contributed by atoms with E-state index in [0.29, 0.717) is 0 Å². The summed E-state index contributed by atoms with van der Waals surface area (Å²) in [5.74, 6) is 0. The van der Waals surface area contributed by atoms with Crippen LogP contribution in [-0.2, 0) is 7.05 Å². The number of anilines is 1. The lowest BCUT2D eigenvalue weighted by Gasteiger charge is -2.00. The highest BCUT2D eigenvalue weighted by Gasteiger charge is 2.07. The molecule has 3 heteroatoms. The van der Waals surface area contributed by atoms with Gasteiger partial charge < -0.3 is 4.57 Å². The van der Waals surface area contributed by atoms with Crippen molar-refractivity contribution in [2.45, 2.75) is 0 Å². The quantitative estimate of drug-likeness (QED) is 0.428. The molecule has 0 atom stereocenters. The molecule has 1 aromatic heterocycles. The van der Waals surface area contributed by atoms with Gasteiger partial charge in [-0.2, -0.15) is 5.10 Å². The van der Waals surface area contributed by atoms with Gasteiger partial charge in [-0.3, -0.25) is 5.43 Å². The maximum Gasteiger partial charge on any atom is 0.0561 e. The van der Waals surface area contributed by atoms with Crippen LogP contribution in [0.3, 0.4) is 0 Å². The zero-order valence-corrected chi connectivity index (χ0v) is 12.9. The van der Waals surface area contributed by atoms with Gasteiger partial charge in [0, 0.05) is 28.9 Å². The summed E-state index contributed by atoms with van der Waals surface area (Å²) in [5.41, 5.74) is 7.59. The summed E-state index contributed by atoms with van der Waals surface area (Å²) in [7, 11) is 2.11. The molecule has 4 rings (SSSR count). The monoisotopic (exact) mass is 299 g/mol. The first-order chi connectivity index (χ1) is 11.3. The Morgan fingerprint density at radius 1 is 0.826 bits per heavy atom. The average Bonchev–Trinajstić information content (AvgIpc) is 2.89. The molecular formula is C20H17N3. The minimum Gasteiger partial charge on any atom is -0.344 e. The Kier molecular flexibility index (Phi) is 3.31. The van der Waals surface area contributed by atoms with Crippen LogP contribution in [0.25, 0.3) is 21.8 Å². The summed E-state index contributed by atoms with van der Waals surface area (Å²) >= 11 is 0. The van der Waals surface area contributed by atoms with Gasteiger partial charge in [-0.05, 0) is 35.9 Å². The lowest BCUT2D eigenvalue weighted by molar-refractivity contribution is 1.01. The molecule has 4 aromatic rings. The lowest BCUT2D eigenvalue weighted by Crippen LogP contribution is -1.90. The van der Waals surface area contributed by atoms with Crippen LogP contribution in [-0.4, -0.2) is 10.8 Å². The summed E-state index contributed by atoms with van der Waals surface area (Å²) < 4.78 is 2.23. The molecular weight excluding hydrogens is 282 g/mol. The third-order valence-corrected chi connectivity index (χ3v) is 4.12. The lowest BCUT2D eigenvalue weighted by atomic mass is 10.1. The van der Waals surface area contributed by atoms with Crippen molar-refractivity contribution in [1.82, 2.24) is 4.57 Å². The molecule has 0 aliphatic heterocycles. The summed E-state index contributed by atoms with van der Waals surface area (Å²) in [6.07, 6.45) is 1.86. The van der Waals surface area contributed by atoms with Gasteiger partial charge in [-0.25, -0.2) is 0 Å². The highest BCUT2D eigenvalue weighted by Crippen LogP contribution is 2.28. The van der Waals surface area contributed by atoms with E-state index in [1.165, 1.54) is 21.8 Å². The molecule has 0 radical (unpaired) electrons. The van der Waals surface area contributed by atoms with Gasteiger partial charge in [0.05, 0.1) is 11.9 Å². The molecule has 112 valence electrons. The fraction of sp³-hybridized carbons (Fsp3) is 0.0500. The van der Waals surface area contributed by atoms with Crippen LogP contribution >= 0.6 is 0 Å². The molecule has 0 unspecified atom stereocenters. The molecule has 3 aromatic carbocycles. The first-order valence-corrected chi connectivity index (χ1v) is 7.64. The predicted molar refractivity (Wildman–Crippen MR) is 98.1 cm³/mol. The SMILES string of the molecule is Cn1c2ccccc2c2cc(/C=N\Nc3ccccc3)ccc21. The zero-order chi connectivity index (χ0) is 15.6. The van der Waals surface area contributed by atoms with E-state index >= 15 is 0 Å². The van der Waals surface area contributed by atoms with Crippen LogP contribution in [0.4, 0.5) is 5.69 Å². The van der Waals surface area contributed by atoms with Gasteiger partial charge in [0.15, 0.2) is 0 Å². The number of hydrogen-bond acceptors (Lipinski definition) is 2. The molecule has 1 N–H and O–H groups in total. The molecule has 0 saturated carbocycles. The predicted octanol–water partition coefficient (Wildman–Crippen LogP) is 4.78. The van der Waals surface area contributed by atoms with E-state index in [1.54, 1.807) is 0 Å². The van der Waals surface area contributed by atoms with E-state index in [9.17, 15) is 0 Å². The minimum absolute atomic E-state index is 0.981. The van der Waals surface area contributed by atoms with Gasteiger partial charge in [0.2, 0.25) is 0 Å². The molecule has 23 heavy (non-hydrogen) atoms. The number of aryl methyl sites for hydroxylation is 1. The van der Waals surface area contributed by atoms with Crippen LogP contribution in [0, 0.1) is 0 Å². The summed E-state index contributed by atoms with van der Waals surface area (Å²) in [6, 6.07) is 24.9. The third-order valence-electron chi connectivity index (χ3n) is 4.12. The first kappa shape index (κ1) is 13.6. The Morgan fingerprint density at radius 3 is 2.43 bits per heavy atom. The van der Waals surface area contributed by atoms with Crippen LogP contribution in [0.5, 0.6) is 0 Å². The van der Waals surface area contributed by atoms with Crippen molar-refractivity contribution in [2.75, 3.05) is 5.43 Å². The Morgan fingerprint density at radius 2 is 1.57 bits per heavy atom. The highest BCUT2D eigenvalue weighted by molar-refractivity contribution is 6.09. The highest BCUT2D eigenvalue weighted by atomic mass is 15.3. The number of fused-ring (bicyclic) bond motifs is 3. The largest absolute Gasteiger partial charge is 0.344 e. The van der Waals surface area contributed by atoms with Gasteiger partial charge in [0.1, 0.15) is 0 Å². The zero-order valence-electron chi connectivity index (χ0n) is 12.9. The fourth-order valence-electron chi connectivity index (χ4n) is 2.96. The second-order valence-corrected chi connectivity index (χ2v) is 5.59. The van der Waals surface area contributed by atoms with Crippen molar-refractivity contribution in [3.8, 4) is 0 Å². The standard InChI is InChI=1S/C20H17N3/c1-23-19-10-6-5-9-17(19)18-13-15(11-12-20(18)23)14-21-22-16-7-3-2-4-8-16/h2-14,22H,1H3/b21-14-. The molecule has 0 spiro atoms. The normalized spacial score (nSPS) is 11.5. The van der Waals surface area contributed by atoms with Gasteiger partial charge >= 0.3 is 0 Å². The Labute approximate surface area is 134 Å². The van der Waals surface area contributed by atoms with Gasteiger partial charge in [0.25, 0.3) is 0 Å². The van der Waals surface area contributed by atoms with Crippen LogP contribution < -0.4 is 5.43 Å². The van der Waals surface area contributed by atoms with E-state index < -0.39 is 0 Å². The molecule has 3 nitrogen and oxygen atoms in total. The minimum atomic E-state index is 0.981. The molecule has 0 aliphatic carbocycles. The number of nitrogens with one attached hydrogen (secondary N) is 1. The number of hydrazone groups is 1. The van der Waals surface area contributed by atoms with Crippen molar-refractivity contribution in [3.63, 3.8) is 0 Å².